The molecule has 15 unspecified atom stereocenters. The summed E-state index contributed by atoms with van der Waals surface area (Å²) in [6, 6.07) is 10.7. The first-order valence-corrected chi connectivity index (χ1v) is 35.1. The molecule has 6 bridgehead atoms. The lowest BCUT2D eigenvalue weighted by molar-refractivity contribution is 0.0440. The minimum absolute atomic E-state index is 0.000678. The van der Waals surface area contributed by atoms with Gasteiger partial charge in [0.05, 0.1) is 18.8 Å². The normalized spacial score (nSPS) is 35.0. The largest absolute Gasteiger partial charge is 0.504 e. The maximum atomic E-state index is 11.8. The van der Waals surface area contributed by atoms with Gasteiger partial charge < -0.3 is 56.7 Å². The zero-order valence-electron chi connectivity index (χ0n) is 49.1. The van der Waals surface area contributed by atoms with Crippen molar-refractivity contribution in [3.8, 4) is 11.5 Å². The number of aliphatic hydroxyl groups excluding tert-OH is 3. The molecule has 10 aliphatic rings. The lowest BCUT2D eigenvalue weighted by atomic mass is 9.52. The minimum Gasteiger partial charge on any atom is -0.504 e. The van der Waals surface area contributed by atoms with Gasteiger partial charge in [0.2, 0.25) is 0 Å². The van der Waals surface area contributed by atoms with Gasteiger partial charge in [-0.15, -0.1) is 0 Å². The van der Waals surface area contributed by atoms with Crippen molar-refractivity contribution in [1.29, 1.82) is 0 Å². The number of nitrogens with two attached hydrogens (primary N) is 2. The maximum absolute atomic E-state index is 11.8. The Kier molecular flexibility index (Phi) is 18.0. The Balaban J connectivity index is 0.655. The maximum Gasteiger partial charge on any atom is 0.189 e. The molecule has 3 spiro atoms. The van der Waals surface area contributed by atoms with Crippen molar-refractivity contribution in [2.24, 2.45) is 74.1 Å². The molecule has 7 fully saturated rings. The summed E-state index contributed by atoms with van der Waals surface area (Å²) in [6.07, 6.45) is 33.7. The van der Waals surface area contributed by atoms with Gasteiger partial charge in [0, 0.05) is 78.3 Å². The number of aromatic amines is 1. The second-order valence-electron chi connectivity index (χ2n) is 28.2. The van der Waals surface area contributed by atoms with Crippen LogP contribution in [0.1, 0.15) is 213 Å². The standard InChI is InChI=1S/C67H100N6O6S2/c1-41-11-17-49-45-29-43(13-18-50(49)52(55(68)32-45)39-80-81-40-57(41)73-64(69)71-47-9-7-24-65(34-47)22-3-4-23-65)15-20-60-46(37-74)31-48(79-60)16-12-44-14-19-58(76)61(30-44)78-38-59(77)56-33-51-54(36-70-35-42(2)75)67-27-8-10-62(67)66(25-5-6-26-66)53(21-28-67)63(51)72-56/h14,19,21,28,30-31,33,41-43,45,47,49-50,52-55,57,59,62,70,72,74-77H,3-13,15-18,20,22-27,29,32,34-40,68H2,1-2H3,(H3,69,71,73). The highest BCUT2D eigenvalue weighted by Gasteiger charge is 2.64. The van der Waals surface area contributed by atoms with Gasteiger partial charge in [-0.25, -0.2) is 4.99 Å². The lowest BCUT2D eigenvalue weighted by Gasteiger charge is -2.52. The monoisotopic (exact) mass is 1150 g/mol. The Morgan fingerprint density at radius 2 is 1.68 bits per heavy atom. The summed E-state index contributed by atoms with van der Waals surface area (Å²) in [7, 11) is 4.03. The van der Waals surface area contributed by atoms with Crippen LogP contribution in [0.4, 0.5) is 0 Å². The van der Waals surface area contributed by atoms with Gasteiger partial charge in [0.15, 0.2) is 17.5 Å². The lowest BCUT2D eigenvalue weighted by Crippen LogP contribution is -2.47. The molecule has 1 aromatic carbocycles. The van der Waals surface area contributed by atoms with Crippen LogP contribution in [0.2, 0.25) is 0 Å². The topological polar surface area (TPSA) is 208 Å². The number of allylic oxidation sites excluding steroid dienone is 2. The van der Waals surface area contributed by atoms with Crippen molar-refractivity contribution in [2.75, 3.05) is 31.2 Å². The van der Waals surface area contributed by atoms with Crippen LogP contribution in [-0.4, -0.2) is 86.8 Å². The van der Waals surface area contributed by atoms with Crippen molar-refractivity contribution in [1.82, 2.24) is 15.6 Å². The molecule has 3 aromatic rings. The molecule has 13 rings (SSSR count). The number of aromatic hydroxyl groups is 1. The Morgan fingerprint density at radius 1 is 0.889 bits per heavy atom. The fourth-order valence-corrected chi connectivity index (χ4v) is 22.3. The summed E-state index contributed by atoms with van der Waals surface area (Å²) < 4.78 is 12.9. The molecule has 14 heteroatoms. The summed E-state index contributed by atoms with van der Waals surface area (Å²) in [4.78, 5) is 9.06. The number of nitrogens with one attached hydrogen (secondary N) is 3. The number of phenolic OH excluding ortho intramolecular Hbond substituents is 1. The number of hydrogen-bond acceptors (Lipinski definition) is 11. The number of benzene rings is 1. The van der Waals surface area contributed by atoms with E-state index in [1.807, 2.05) is 46.7 Å². The number of hydrogen-bond donors (Lipinski definition) is 9. The molecular formula is C67H100N6O6S2. The van der Waals surface area contributed by atoms with Gasteiger partial charge in [0.25, 0.3) is 0 Å². The summed E-state index contributed by atoms with van der Waals surface area (Å²) in [5.41, 5.74) is 20.0. The first-order chi connectivity index (χ1) is 39.3. The fourth-order valence-electron chi connectivity index (χ4n) is 19.4. The van der Waals surface area contributed by atoms with Crippen molar-refractivity contribution in [3.63, 3.8) is 0 Å². The van der Waals surface area contributed by atoms with E-state index < -0.39 is 12.2 Å². The zero-order chi connectivity index (χ0) is 55.9. The van der Waals surface area contributed by atoms with E-state index in [-0.39, 0.29) is 47.8 Å². The van der Waals surface area contributed by atoms with Crippen LogP contribution in [-0.2, 0) is 25.9 Å². The Bertz CT molecular complexity index is 2660. The number of aliphatic hydroxyl groups is 3. The van der Waals surface area contributed by atoms with Crippen molar-refractivity contribution in [3.05, 3.63) is 82.1 Å². The highest BCUT2D eigenvalue weighted by molar-refractivity contribution is 8.76. The Morgan fingerprint density at radius 3 is 2.51 bits per heavy atom. The molecule has 1 aliphatic heterocycles. The highest BCUT2D eigenvalue weighted by atomic mass is 33.1. The van der Waals surface area contributed by atoms with Crippen LogP contribution in [0.25, 0.3) is 0 Å². The molecule has 6 saturated carbocycles. The number of aryl methyl sites for hydroxylation is 3. The van der Waals surface area contributed by atoms with Crippen LogP contribution >= 0.6 is 21.6 Å². The third-order valence-electron chi connectivity index (χ3n) is 23.4. The molecule has 15 atom stereocenters. The second-order valence-corrected chi connectivity index (χ2v) is 30.7. The van der Waals surface area contributed by atoms with E-state index in [0.717, 1.165) is 65.7 Å². The third kappa shape index (κ3) is 12.1. The predicted octanol–water partition coefficient (Wildman–Crippen LogP) is 12.3. The van der Waals surface area contributed by atoms with Gasteiger partial charge in [-0.2, -0.15) is 0 Å². The molecule has 3 heterocycles. The van der Waals surface area contributed by atoms with Gasteiger partial charge in [0.1, 0.15) is 24.2 Å². The number of nitrogens with zero attached hydrogens (tertiary/aromatic N) is 1. The van der Waals surface area contributed by atoms with Gasteiger partial charge >= 0.3 is 0 Å². The Hall–Kier alpha value is -3.11. The number of aromatic nitrogens is 1. The molecule has 81 heavy (non-hydrogen) atoms. The van der Waals surface area contributed by atoms with Crippen molar-refractivity contribution < 1.29 is 29.6 Å². The van der Waals surface area contributed by atoms with Crippen molar-refractivity contribution >= 4 is 27.5 Å². The van der Waals surface area contributed by atoms with Crippen LogP contribution in [0.15, 0.2) is 51.9 Å². The van der Waals surface area contributed by atoms with E-state index in [9.17, 15) is 20.4 Å². The van der Waals surface area contributed by atoms with Crippen LogP contribution in [0, 0.1) is 57.7 Å². The molecule has 0 amide bonds. The minimum atomic E-state index is -0.912. The second kappa shape index (κ2) is 25.1. The molecule has 12 nitrogen and oxygen atoms in total. The van der Waals surface area contributed by atoms with Gasteiger partial charge in [-0.1, -0.05) is 91.7 Å². The van der Waals surface area contributed by atoms with E-state index in [0.29, 0.717) is 89.9 Å². The van der Waals surface area contributed by atoms with Gasteiger partial charge in [-0.3, -0.25) is 0 Å². The third-order valence-corrected chi connectivity index (χ3v) is 25.9. The number of phenols is 1. The number of furan rings is 1. The number of ether oxygens (including phenoxy) is 1. The Labute approximate surface area is 492 Å². The average Bonchev–Trinajstić information content (AvgIpc) is 2.64. The molecule has 2 aromatic heterocycles. The summed E-state index contributed by atoms with van der Waals surface area (Å²) >= 11 is 0. The highest BCUT2D eigenvalue weighted by Crippen LogP contribution is 2.72. The number of aliphatic imine (C=N–C) groups is 1. The first-order valence-electron chi connectivity index (χ1n) is 32.6. The van der Waals surface area contributed by atoms with Crippen LogP contribution in [0.3, 0.4) is 0 Å². The van der Waals surface area contributed by atoms with Crippen molar-refractivity contribution in [2.45, 2.75) is 223 Å². The smallest absolute Gasteiger partial charge is 0.189 e. The van der Waals surface area contributed by atoms with Crippen LogP contribution in [0.5, 0.6) is 11.5 Å². The summed E-state index contributed by atoms with van der Waals surface area (Å²) in [5, 5.41) is 51.0. The van der Waals surface area contributed by atoms with Crippen LogP contribution < -0.4 is 26.8 Å². The quantitative estimate of drug-likeness (QED) is 0.0268. The zero-order valence-corrected chi connectivity index (χ0v) is 50.7. The van der Waals surface area contributed by atoms with E-state index in [1.165, 1.54) is 140 Å². The van der Waals surface area contributed by atoms with E-state index >= 15 is 0 Å². The SMILES string of the molecule is CC(O)CNCC1c2cc(C(O)COc3cc(CCc4cc(CO)c(CCC5CCC6C7CSSCC(N=C(N)NC8CCCC9(CCCC9)C8)C(C)CCC6C(C5)CC7N)o4)ccc3O)[nH]c2C2C=CC13CCCC3C21CCCC1. The molecule has 0 radical (unpaired) electrons. The van der Waals surface area contributed by atoms with E-state index in [4.69, 9.17) is 25.6 Å². The van der Waals surface area contributed by atoms with Gasteiger partial charge in [-0.05, 0) is 203 Å². The molecule has 1 saturated heterocycles. The average molecular weight is 1150 g/mol. The molecular weight excluding hydrogens is 1050 g/mol. The summed E-state index contributed by atoms with van der Waals surface area (Å²) in [6.45, 7) is 5.57. The number of rotatable bonds is 17. The first kappa shape index (κ1) is 58.3. The van der Waals surface area contributed by atoms with E-state index in [2.05, 4.69) is 40.8 Å². The summed E-state index contributed by atoms with van der Waals surface area (Å²) in [5.74, 6) is 9.77. The fraction of sp³-hybridized carbons (Fsp3) is 0.746. The van der Waals surface area contributed by atoms with E-state index in [1.54, 1.807) is 6.07 Å². The molecule has 9 aliphatic carbocycles. The molecule has 446 valence electrons. The predicted molar refractivity (Wildman–Crippen MR) is 328 cm³/mol. The molecule has 11 N–H and O–H groups in total. The number of guanidine groups is 1. The number of H-pyrrole nitrogens is 1.